The molecule has 2 amide bonds. The summed E-state index contributed by atoms with van der Waals surface area (Å²) in [6.07, 6.45) is 5.12. The van der Waals surface area contributed by atoms with E-state index in [9.17, 15) is 24.6 Å². The van der Waals surface area contributed by atoms with Crippen molar-refractivity contribution in [1.29, 1.82) is 0 Å². The number of carbonyl (C=O) groups is 3. The molecule has 0 unspecified atom stereocenters. The standard InChI is InChI=1S/C30H33N5O4S.C26H27N5O3S/c1-2-5-23(36)9-10-27(38)34-14-12-33(13-15-34)11-4-8-25-21-26-28(40-25)30(35-16-18-39-19-17-35)32-29(31-26)22-6-3-7-24(37)20-22;1-2-23(33)30-11-9-29(10-12-30)8-4-7-21-18-22-24(35-21)26(31-13-15-34-16-14-31)28-25(27-22)19-5-3-6-20(32)17-19/h2-3,5-7,20-21,37H,9-19H2,1H3;2-3,5-6,17-18,32H,1,8-16H2/b5-2+;. The lowest BCUT2D eigenvalue weighted by molar-refractivity contribution is -0.134. The molecular weight excluding hydrogens is 989 g/mol. The number of morpholine rings is 2. The molecule has 4 saturated heterocycles. The van der Waals surface area contributed by atoms with E-state index in [0.717, 1.165) is 105 Å². The number of ether oxygens (including phenoxy) is 2. The molecule has 4 aromatic heterocycles. The van der Waals surface area contributed by atoms with E-state index >= 15 is 0 Å². The third kappa shape index (κ3) is 13.7. The summed E-state index contributed by atoms with van der Waals surface area (Å²) >= 11 is 3.20. The van der Waals surface area contributed by atoms with Crippen molar-refractivity contribution in [3.63, 3.8) is 0 Å². The Morgan fingerprint density at radius 3 is 1.53 bits per heavy atom. The predicted octanol–water partition coefficient (Wildman–Crippen LogP) is 5.90. The Hall–Kier alpha value is -7.23. The number of nitrogens with zero attached hydrogens (tertiary/aromatic N) is 10. The maximum Gasteiger partial charge on any atom is 0.246 e. The van der Waals surface area contributed by atoms with Crippen LogP contribution in [0.2, 0.25) is 0 Å². The summed E-state index contributed by atoms with van der Waals surface area (Å²) in [6, 6.07) is 18.0. The second-order valence-corrected chi connectivity index (χ2v) is 20.3. The number of ketones is 1. The molecule has 0 radical (unpaired) electrons. The molecule has 4 fully saturated rings. The summed E-state index contributed by atoms with van der Waals surface area (Å²) in [5, 5.41) is 19.9. The second-order valence-electron chi connectivity index (χ2n) is 18.2. The first-order chi connectivity index (χ1) is 36.6. The van der Waals surface area contributed by atoms with Gasteiger partial charge in [-0.1, -0.05) is 60.6 Å². The lowest BCUT2D eigenvalue weighted by atomic mass is 10.2. The van der Waals surface area contributed by atoms with Crippen molar-refractivity contribution >= 4 is 72.3 Å². The van der Waals surface area contributed by atoms with Crippen LogP contribution < -0.4 is 9.80 Å². The van der Waals surface area contributed by atoms with Crippen molar-refractivity contribution in [2.24, 2.45) is 0 Å². The number of hydrogen-bond acceptors (Lipinski definition) is 17. The number of piperazine rings is 2. The van der Waals surface area contributed by atoms with Gasteiger partial charge in [0.1, 0.15) is 11.5 Å². The highest BCUT2D eigenvalue weighted by Crippen LogP contribution is 2.36. The van der Waals surface area contributed by atoms with Crippen LogP contribution in [0.3, 0.4) is 0 Å². The van der Waals surface area contributed by atoms with Crippen LogP contribution in [0, 0.1) is 23.7 Å². The molecule has 0 atom stereocenters. The maximum absolute atomic E-state index is 12.4. The van der Waals surface area contributed by atoms with Gasteiger partial charge in [-0.15, -0.1) is 22.7 Å². The van der Waals surface area contributed by atoms with Crippen molar-refractivity contribution in [1.82, 2.24) is 39.5 Å². The number of benzene rings is 2. The average Bonchev–Trinajstić information content (AvgIpc) is 4.07. The number of aromatic nitrogens is 4. The summed E-state index contributed by atoms with van der Waals surface area (Å²) in [7, 11) is 0. The lowest BCUT2D eigenvalue weighted by Gasteiger charge is -2.33. The number of amides is 2. The molecule has 17 nitrogen and oxygen atoms in total. The zero-order valence-corrected chi connectivity index (χ0v) is 43.7. The third-order valence-electron chi connectivity index (χ3n) is 13.1. The van der Waals surface area contributed by atoms with E-state index in [1.807, 2.05) is 34.1 Å². The molecule has 19 heteroatoms. The number of allylic oxidation sites excluding steroid dienone is 2. The molecular formula is C56H60N10O7S2. The minimum Gasteiger partial charge on any atom is -0.508 e. The van der Waals surface area contributed by atoms with Gasteiger partial charge in [0.05, 0.1) is 69.7 Å². The topological polar surface area (TPSA) is 181 Å². The van der Waals surface area contributed by atoms with E-state index in [4.69, 9.17) is 29.4 Å². The monoisotopic (exact) mass is 1050 g/mol. The van der Waals surface area contributed by atoms with Crippen LogP contribution in [0.15, 0.2) is 85.5 Å². The summed E-state index contributed by atoms with van der Waals surface area (Å²) in [6.45, 7) is 18.1. The van der Waals surface area contributed by atoms with Crippen LogP contribution in [-0.4, -0.2) is 185 Å². The number of phenols is 2. The quantitative estimate of drug-likeness (QED) is 0.116. The number of aromatic hydroxyl groups is 2. The molecule has 388 valence electrons. The van der Waals surface area contributed by atoms with Gasteiger partial charge in [0.15, 0.2) is 29.1 Å². The average molecular weight is 1050 g/mol. The van der Waals surface area contributed by atoms with Crippen molar-refractivity contribution in [3.8, 4) is 58.0 Å². The number of fused-ring (bicyclic) bond motifs is 2. The van der Waals surface area contributed by atoms with Crippen LogP contribution >= 0.6 is 22.7 Å². The largest absolute Gasteiger partial charge is 0.508 e. The Morgan fingerprint density at radius 1 is 0.627 bits per heavy atom. The van der Waals surface area contributed by atoms with Gasteiger partial charge in [0.2, 0.25) is 11.8 Å². The first-order valence-electron chi connectivity index (χ1n) is 25.2. The number of anilines is 2. The Morgan fingerprint density at radius 2 is 1.09 bits per heavy atom. The Labute approximate surface area is 444 Å². The molecule has 2 N–H and O–H groups in total. The Kier molecular flexibility index (Phi) is 17.8. The zero-order chi connectivity index (χ0) is 52.1. The summed E-state index contributed by atoms with van der Waals surface area (Å²) in [4.78, 5) is 69.8. The zero-order valence-electron chi connectivity index (χ0n) is 42.1. The van der Waals surface area contributed by atoms with Gasteiger partial charge in [0, 0.05) is 103 Å². The number of carbonyl (C=O) groups excluding carboxylic acids is 3. The summed E-state index contributed by atoms with van der Waals surface area (Å²) < 4.78 is 13.1. The van der Waals surface area contributed by atoms with Gasteiger partial charge in [-0.05, 0) is 55.5 Å². The molecule has 6 aromatic rings. The Bertz CT molecular complexity index is 3180. The van der Waals surface area contributed by atoms with Crippen LogP contribution in [0.25, 0.3) is 43.2 Å². The number of hydrogen-bond donors (Lipinski definition) is 2. The van der Waals surface area contributed by atoms with Gasteiger partial charge in [-0.3, -0.25) is 24.2 Å². The fraction of sp³-hybridized carbons (Fsp3) is 0.375. The molecule has 8 heterocycles. The van der Waals surface area contributed by atoms with Crippen LogP contribution in [0.4, 0.5) is 11.6 Å². The lowest BCUT2D eigenvalue weighted by Crippen LogP contribution is -2.48. The van der Waals surface area contributed by atoms with Gasteiger partial charge in [-0.25, -0.2) is 19.9 Å². The number of phenolic OH excluding ortho intramolecular Hbond substituents is 2. The highest BCUT2D eigenvalue weighted by atomic mass is 32.1. The van der Waals surface area contributed by atoms with E-state index in [0.29, 0.717) is 77.3 Å². The van der Waals surface area contributed by atoms with Gasteiger partial charge in [-0.2, -0.15) is 0 Å². The molecule has 2 aromatic carbocycles. The summed E-state index contributed by atoms with van der Waals surface area (Å²) in [5.41, 5.74) is 3.22. The smallest absolute Gasteiger partial charge is 0.246 e. The van der Waals surface area contributed by atoms with Gasteiger partial charge < -0.3 is 39.3 Å². The van der Waals surface area contributed by atoms with Gasteiger partial charge >= 0.3 is 0 Å². The van der Waals surface area contributed by atoms with Crippen LogP contribution in [0.1, 0.15) is 29.5 Å². The highest BCUT2D eigenvalue weighted by Gasteiger charge is 2.24. The molecule has 10 rings (SSSR count). The Balaban J connectivity index is 0.000000185. The third-order valence-corrected chi connectivity index (χ3v) is 15.2. The SMILES string of the molecule is C/C=C/C(=O)CCC(=O)N1CCN(CC#Cc2cc3nc(-c4cccc(O)c4)nc(N4CCOCC4)c3s2)CC1.C=CC(=O)N1CCN(CC#Cc2cc3nc(-c4cccc(O)c4)nc(N4CCOCC4)c3s2)CC1. The minimum absolute atomic E-state index is 0.00960. The fourth-order valence-electron chi connectivity index (χ4n) is 9.03. The van der Waals surface area contributed by atoms with E-state index in [-0.39, 0.29) is 41.9 Å². The minimum atomic E-state index is -0.0109. The maximum atomic E-state index is 12.4. The molecule has 4 aliphatic heterocycles. The molecule has 0 aliphatic carbocycles. The van der Waals surface area contributed by atoms with Crippen LogP contribution in [0.5, 0.6) is 11.5 Å². The van der Waals surface area contributed by atoms with Crippen molar-refractivity contribution in [2.45, 2.75) is 19.8 Å². The van der Waals surface area contributed by atoms with Crippen molar-refractivity contribution in [3.05, 3.63) is 95.2 Å². The van der Waals surface area contributed by atoms with Gasteiger partial charge in [0.25, 0.3) is 0 Å². The highest BCUT2D eigenvalue weighted by molar-refractivity contribution is 7.20. The van der Waals surface area contributed by atoms with E-state index < -0.39 is 0 Å². The summed E-state index contributed by atoms with van der Waals surface area (Å²) in [5.74, 6) is 16.5. The number of rotatable bonds is 11. The molecule has 0 bridgehead atoms. The second kappa shape index (κ2) is 25.3. The fourth-order valence-corrected chi connectivity index (χ4v) is 11.0. The van der Waals surface area contributed by atoms with E-state index in [2.05, 4.69) is 49.9 Å². The number of thiophene rings is 2. The molecule has 4 aliphatic rings. The van der Waals surface area contributed by atoms with Crippen molar-refractivity contribution < 1.29 is 34.1 Å². The van der Waals surface area contributed by atoms with Crippen LogP contribution in [-0.2, 0) is 23.9 Å². The first-order valence-corrected chi connectivity index (χ1v) is 26.9. The molecule has 0 saturated carbocycles. The predicted molar refractivity (Wildman–Crippen MR) is 294 cm³/mol. The first kappa shape index (κ1) is 52.6. The molecule has 75 heavy (non-hydrogen) atoms. The van der Waals surface area contributed by atoms with Crippen molar-refractivity contribution in [2.75, 3.05) is 128 Å². The molecule has 0 spiro atoms. The van der Waals surface area contributed by atoms with E-state index in [1.165, 1.54) is 12.2 Å². The normalized spacial score (nSPS) is 16.5. The van der Waals surface area contributed by atoms with E-state index in [1.54, 1.807) is 72.1 Å².